The molecule has 0 radical (unpaired) electrons. The molecular weight excluding hydrogens is 260 g/mol. The molecule has 4 rings (SSSR count). The summed E-state index contributed by atoms with van der Waals surface area (Å²) in [6.07, 6.45) is 6.26. The van der Waals surface area contributed by atoms with Gasteiger partial charge >= 0.3 is 0 Å². The van der Waals surface area contributed by atoms with Gasteiger partial charge in [-0.05, 0) is 67.7 Å². The summed E-state index contributed by atoms with van der Waals surface area (Å²) in [5, 5.41) is 6.52. The van der Waals surface area contributed by atoms with Gasteiger partial charge in [0.2, 0.25) is 0 Å². The molecule has 21 heavy (non-hydrogen) atoms. The Morgan fingerprint density at radius 1 is 1.24 bits per heavy atom. The Morgan fingerprint density at radius 3 is 2.81 bits per heavy atom. The maximum absolute atomic E-state index is 12.2. The number of carbonyl (C=O) groups is 1. The monoisotopic (exact) mass is 284 g/mol. The first-order valence-electron chi connectivity index (χ1n) is 8.38. The van der Waals surface area contributed by atoms with Gasteiger partial charge in [-0.25, -0.2) is 0 Å². The highest BCUT2D eigenvalue weighted by Crippen LogP contribution is 2.62. The van der Waals surface area contributed by atoms with Crippen molar-refractivity contribution in [3.63, 3.8) is 0 Å². The first-order chi connectivity index (χ1) is 10.3. The standard InChI is InChI=1S/C18H24N2O/c1-19-17(16-13-5-2-6-14(13)16)12-8-7-11-4-3-9-20-18(21)15(11)10-12/h7-8,10,13-14,16-17,19H,2-6,9H2,1H3,(H,20,21). The summed E-state index contributed by atoms with van der Waals surface area (Å²) in [7, 11) is 2.06. The number of hydrogen-bond acceptors (Lipinski definition) is 2. The van der Waals surface area contributed by atoms with Crippen LogP contribution in [0.25, 0.3) is 0 Å². The predicted molar refractivity (Wildman–Crippen MR) is 83.2 cm³/mol. The summed E-state index contributed by atoms with van der Waals surface area (Å²) in [6, 6.07) is 6.98. The van der Waals surface area contributed by atoms with Gasteiger partial charge < -0.3 is 10.6 Å². The molecule has 3 atom stereocenters. The van der Waals surface area contributed by atoms with Gasteiger partial charge in [0.15, 0.2) is 0 Å². The van der Waals surface area contributed by atoms with Gasteiger partial charge in [0.25, 0.3) is 5.91 Å². The van der Waals surface area contributed by atoms with E-state index in [1.165, 1.54) is 30.4 Å². The van der Waals surface area contributed by atoms with Gasteiger partial charge in [-0.15, -0.1) is 0 Å². The lowest BCUT2D eigenvalue weighted by Crippen LogP contribution is -2.24. The predicted octanol–water partition coefficient (Wildman–Crippen LogP) is 2.67. The summed E-state index contributed by atoms with van der Waals surface area (Å²) in [5.41, 5.74) is 3.41. The van der Waals surface area contributed by atoms with Gasteiger partial charge in [-0.2, -0.15) is 0 Å². The van der Waals surface area contributed by atoms with E-state index in [9.17, 15) is 4.79 Å². The minimum absolute atomic E-state index is 0.107. The van der Waals surface area contributed by atoms with E-state index < -0.39 is 0 Å². The van der Waals surface area contributed by atoms with Crippen molar-refractivity contribution in [3.05, 3.63) is 34.9 Å². The molecule has 2 N–H and O–H groups in total. The number of fused-ring (bicyclic) bond motifs is 2. The van der Waals surface area contributed by atoms with Crippen molar-refractivity contribution in [1.82, 2.24) is 10.6 Å². The Balaban J connectivity index is 1.64. The van der Waals surface area contributed by atoms with Crippen molar-refractivity contribution in [3.8, 4) is 0 Å². The van der Waals surface area contributed by atoms with Crippen LogP contribution in [0.3, 0.4) is 0 Å². The second kappa shape index (κ2) is 5.13. The number of nitrogens with one attached hydrogen (secondary N) is 2. The number of carbonyl (C=O) groups excluding carboxylic acids is 1. The third-order valence-electron chi connectivity index (χ3n) is 5.81. The van der Waals surface area contributed by atoms with E-state index in [1.54, 1.807) is 0 Å². The molecule has 0 bridgehead atoms. The molecule has 0 spiro atoms. The molecule has 2 fully saturated rings. The Labute approximate surface area is 126 Å². The molecule has 3 heteroatoms. The van der Waals surface area contributed by atoms with Crippen molar-refractivity contribution in [1.29, 1.82) is 0 Å². The van der Waals surface area contributed by atoms with E-state index in [1.807, 2.05) is 0 Å². The van der Waals surface area contributed by atoms with Crippen LogP contribution in [0.2, 0.25) is 0 Å². The first kappa shape index (κ1) is 13.3. The lowest BCUT2D eigenvalue weighted by Gasteiger charge is -2.20. The van der Waals surface area contributed by atoms with Crippen molar-refractivity contribution in [2.24, 2.45) is 17.8 Å². The molecule has 3 nitrogen and oxygen atoms in total. The molecule has 3 aliphatic rings. The minimum atomic E-state index is 0.107. The molecule has 2 aliphatic carbocycles. The Bertz CT molecular complexity index is 558. The van der Waals surface area contributed by atoms with Crippen molar-refractivity contribution >= 4 is 5.91 Å². The van der Waals surface area contributed by atoms with Gasteiger partial charge in [0.05, 0.1) is 0 Å². The van der Waals surface area contributed by atoms with Gasteiger partial charge in [0, 0.05) is 18.2 Å². The fourth-order valence-corrected chi connectivity index (χ4v) is 4.75. The summed E-state index contributed by atoms with van der Waals surface area (Å²) in [4.78, 5) is 12.2. The maximum Gasteiger partial charge on any atom is 0.251 e. The second-order valence-corrected chi connectivity index (χ2v) is 6.88. The summed E-state index contributed by atoms with van der Waals surface area (Å²) in [5.74, 6) is 2.75. The maximum atomic E-state index is 12.2. The van der Waals surface area contributed by atoms with Crippen molar-refractivity contribution < 1.29 is 4.79 Å². The highest BCUT2D eigenvalue weighted by molar-refractivity contribution is 5.96. The zero-order valence-electron chi connectivity index (χ0n) is 12.7. The molecule has 1 heterocycles. The second-order valence-electron chi connectivity index (χ2n) is 6.88. The molecular formula is C18H24N2O. The number of rotatable bonds is 3. The number of hydrogen-bond donors (Lipinski definition) is 2. The van der Waals surface area contributed by atoms with Gasteiger partial charge in [-0.1, -0.05) is 18.6 Å². The average Bonchev–Trinajstić information content (AvgIpc) is 3.02. The summed E-state index contributed by atoms with van der Waals surface area (Å²) >= 11 is 0. The Morgan fingerprint density at radius 2 is 2.05 bits per heavy atom. The quantitative estimate of drug-likeness (QED) is 0.896. The van der Waals surface area contributed by atoms with Crippen LogP contribution in [0, 0.1) is 17.8 Å². The first-order valence-corrected chi connectivity index (χ1v) is 8.38. The summed E-state index contributed by atoms with van der Waals surface area (Å²) in [6.45, 7) is 0.797. The van der Waals surface area contributed by atoms with Crippen LogP contribution in [0.4, 0.5) is 0 Å². The van der Waals surface area contributed by atoms with Crippen LogP contribution in [0.1, 0.15) is 53.2 Å². The zero-order valence-corrected chi connectivity index (χ0v) is 12.7. The van der Waals surface area contributed by atoms with Crippen LogP contribution in [-0.2, 0) is 6.42 Å². The highest BCUT2D eigenvalue weighted by atomic mass is 16.1. The van der Waals surface area contributed by atoms with E-state index in [-0.39, 0.29) is 5.91 Å². The van der Waals surface area contributed by atoms with Crippen molar-refractivity contribution in [2.75, 3.05) is 13.6 Å². The third-order valence-corrected chi connectivity index (χ3v) is 5.81. The molecule has 112 valence electrons. The topological polar surface area (TPSA) is 41.1 Å². The SMILES string of the molecule is CNC(c1ccc2c(c1)C(=O)NCCC2)C1C2CCCC21. The number of benzene rings is 1. The lowest BCUT2D eigenvalue weighted by molar-refractivity contribution is 0.0956. The number of aryl methyl sites for hydroxylation is 1. The van der Waals surface area contributed by atoms with Gasteiger partial charge in [0.1, 0.15) is 0 Å². The lowest BCUT2D eigenvalue weighted by atomic mass is 9.93. The molecule has 0 aromatic heterocycles. The molecule has 1 aromatic rings. The van der Waals surface area contributed by atoms with Crippen LogP contribution < -0.4 is 10.6 Å². The molecule has 1 aromatic carbocycles. The molecule has 0 saturated heterocycles. The largest absolute Gasteiger partial charge is 0.352 e. The van der Waals surface area contributed by atoms with E-state index in [2.05, 4.69) is 35.9 Å². The van der Waals surface area contributed by atoms with Crippen LogP contribution in [0.15, 0.2) is 18.2 Å². The molecule has 3 unspecified atom stereocenters. The van der Waals surface area contributed by atoms with E-state index in [0.29, 0.717) is 6.04 Å². The normalized spacial score (nSPS) is 31.9. The third kappa shape index (κ3) is 2.18. The highest BCUT2D eigenvalue weighted by Gasteiger charge is 2.55. The van der Waals surface area contributed by atoms with Crippen molar-refractivity contribution in [2.45, 2.75) is 38.1 Å². The van der Waals surface area contributed by atoms with Crippen LogP contribution in [-0.4, -0.2) is 19.5 Å². The molecule has 1 aliphatic heterocycles. The Kier molecular flexibility index (Phi) is 3.26. The van der Waals surface area contributed by atoms with E-state index in [0.717, 1.165) is 42.7 Å². The van der Waals surface area contributed by atoms with Crippen LogP contribution in [0.5, 0.6) is 0 Å². The minimum Gasteiger partial charge on any atom is -0.352 e. The molecule has 1 amide bonds. The number of amides is 1. The average molecular weight is 284 g/mol. The fraction of sp³-hybridized carbons (Fsp3) is 0.611. The van der Waals surface area contributed by atoms with E-state index in [4.69, 9.17) is 0 Å². The zero-order chi connectivity index (χ0) is 14.4. The van der Waals surface area contributed by atoms with Crippen LogP contribution >= 0.6 is 0 Å². The van der Waals surface area contributed by atoms with E-state index >= 15 is 0 Å². The Hall–Kier alpha value is -1.35. The fourth-order valence-electron chi connectivity index (χ4n) is 4.75. The summed E-state index contributed by atoms with van der Waals surface area (Å²) < 4.78 is 0. The smallest absolute Gasteiger partial charge is 0.251 e. The van der Waals surface area contributed by atoms with Gasteiger partial charge in [-0.3, -0.25) is 4.79 Å². The molecule has 2 saturated carbocycles.